The van der Waals surface area contributed by atoms with Crippen molar-refractivity contribution in [1.29, 1.82) is 0 Å². The number of methoxy groups -OCH3 is 1. The van der Waals surface area contributed by atoms with Crippen LogP contribution in [0, 0.1) is 0 Å². The number of nitrogens with one attached hydrogen (secondary N) is 2. The van der Waals surface area contributed by atoms with Gasteiger partial charge in [-0.1, -0.05) is 54.2 Å². The van der Waals surface area contributed by atoms with Crippen LogP contribution in [0.15, 0.2) is 87.3 Å². The molecule has 4 rings (SSSR count). The third kappa shape index (κ3) is 5.52. The predicted molar refractivity (Wildman–Crippen MR) is 131 cm³/mol. The molecule has 0 aliphatic heterocycles. The number of ether oxygens (including phenoxy) is 1. The molecule has 0 bridgehead atoms. The predicted octanol–water partition coefficient (Wildman–Crippen LogP) is 4.43. The minimum atomic E-state index is -3.88. The van der Waals surface area contributed by atoms with Crippen molar-refractivity contribution in [2.45, 2.75) is 28.8 Å². The number of oxazole rings is 1. The van der Waals surface area contributed by atoms with Gasteiger partial charge in [0.1, 0.15) is 11.3 Å². The number of hydrogen-bond donors (Lipinski definition) is 2. The highest BCUT2D eigenvalue weighted by atomic mass is 32.2. The van der Waals surface area contributed by atoms with Crippen LogP contribution < -0.4 is 14.8 Å². The van der Waals surface area contributed by atoms with Crippen LogP contribution in [0.1, 0.15) is 12.5 Å². The van der Waals surface area contributed by atoms with Crippen molar-refractivity contribution in [2.24, 2.45) is 0 Å². The van der Waals surface area contributed by atoms with E-state index in [0.717, 1.165) is 17.3 Å². The molecule has 0 fully saturated rings. The number of carbonyl (C=O) groups excluding carboxylic acids is 1. The fraction of sp³-hybridized carbons (Fsp3) is 0.167. The summed E-state index contributed by atoms with van der Waals surface area (Å²) in [5.41, 5.74) is 2.14. The summed E-state index contributed by atoms with van der Waals surface area (Å²) in [7, 11) is -2.41. The molecule has 1 aromatic heterocycles. The number of rotatable bonds is 9. The Morgan fingerprint density at radius 3 is 2.59 bits per heavy atom. The highest BCUT2D eigenvalue weighted by Gasteiger charge is 2.21. The first-order chi connectivity index (χ1) is 16.4. The third-order valence-corrected chi connectivity index (χ3v) is 7.26. The standard InChI is InChI=1S/C24H23N3O5S2/c1-16(23(28)25-15-17-8-4-3-5-9-17)33-24-26-20-14-18(12-13-22(20)32-24)34(29,30)27-19-10-6-7-11-21(19)31-2/h3-14,16,27H,15H2,1-2H3,(H,25,28). The number of carbonyl (C=O) groups is 1. The van der Waals surface area contributed by atoms with Crippen molar-refractivity contribution in [3.05, 3.63) is 78.4 Å². The molecule has 0 aliphatic carbocycles. The zero-order chi connectivity index (χ0) is 24.1. The molecule has 1 heterocycles. The van der Waals surface area contributed by atoms with Gasteiger partial charge < -0.3 is 14.5 Å². The molecule has 10 heteroatoms. The van der Waals surface area contributed by atoms with E-state index in [1.807, 2.05) is 30.3 Å². The van der Waals surface area contributed by atoms with Crippen LogP contribution in [-0.2, 0) is 21.4 Å². The van der Waals surface area contributed by atoms with Crippen molar-refractivity contribution in [3.63, 3.8) is 0 Å². The lowest BCUT2D eigenvalue weighted by atomic mass is 10.2. The van der Waals surface area contributed by atoms with Crippen molar-refractivity contribution in [3.8, 4) is 5.75 Å². The molecule has 1 amide bonds. The number of aromatic nitrogens is 1. The molecule has 1 unspecified atom stereocenters. The molecule has 0 radical (unpaired) electrons. The monoisotopic (exact) mass is 497 g/mol. The van der Waals surface area contributed by atoms with Gasteiger partial charge in [0.2, 0.25) is 5.91 Å². The van der Waals surface area contributed by atoms with Crippen LogP contribution in [-0.4, -0.2) is 31.7 Å². The van der Waals surface area contributed by atoms with Gasteiger partial charge in [0.15, 0.2) is 5.58 Å². The Morgan fingerprint density at radius 1 is 1.09 bits per heavy atom. The van der Waals surface area contributed by atoms with Crippen LogP contribution in [0.4, 0.5) is 5.69 Å². The number of amides is 1. The number of thioether (sulfide) groups is 1. The summed E-state index contributed by atoms with van der Waals surface area (Å²) in [5, 5.41) is 2.72. The van der Waals surface area contributed by atoms with Crippen LogP contribution in [0.25, 0.3) is 11.1 Å². The largest absolute Gasteiger partial charge is 0.495 e. The van der Waals surface area contributed by atoms with Crippen LogP contribution in [0.3, 0.4) is 0 Å². The summed E-state index contributed by atoms with van der Waals surface area (Å²) >= 11 is 1.16. The molecule has 1 atom stereocenters. The minimum absolute atomic E-state index is 0.0319. The SMILES string of the molecule is COc1ccccc1NS(=O)(=O)c1ccc2oc(SC(C)C(=O)NCc3ccccc3)nc2c1. The second-order valence-electron chi connectivity index (χ2n) is 7.38. The molecule has 8 nitrogen and oxygen atoms in total. The minimum Gasteiger partial charge on any atom is -0.495 e. The average molecular weight is 498 g/mol. The Hall–Kier alpha value is -3.50. The highest BCUT2D eigenvalue weighted by molar-refractivity contribution is 8.00. The molecule has 176 valence electrons. The van der Waals surface area contributed by atoms with E-state index in [0.29, 0.717) is 29.1 Å². The van der Waals surface area contributed by atoms with Gasteiger partial charge in [-0.05, 0) is 42.8 Å². The fourth-order valence-corrected chi connectivity index (χ4v) is 5.04. The second-order valence-corrected chi connectivity index (χ2v) is 10.4. The molecule has 2 N–H and O–H groups in total. The van der Waals surface area contributed by atoms with Crippen LogP contribution >= 0.6 is 11.8 Å². The van der Waals surface area contributed by atoms with Crippen LogP contribution in [0.2, 0.25) is 0 Å². The maximum atomic E-state index is 12.9. The molecule has 0 saturated heterocycles. The van der Waals surface area contributed by atoms with E-state index in [-0.39, 0.29) is 16.0 Å². The Morgan fingerprint density at radius 2 is 1.82 bits per heavy atom. The van der Waals surface area contributed by atoms with Crippen molar-refractivity contribution < 1.29 is 22.4 Å². The number of benzene rings is 3. The van der Waals surface area contributed by atoms with Gasteiger partial charge in [-0.15, -0.1) is 0 Å². The molecule has 0 saturated carbocycles. The number of para-hydroxylation sites is 2. The summed E-state index contributed by atoms with van der Waals surface area (Å²) < 4.78 is 39.2. The van der Waals surface area contributed by atoms with E-state index in [2.05, 4.69) is 15.0 Å². The highest BCUT2D eigenvalue weighted by Crippen LogP contribution is 2.30. The van der Waals surface area contributed by atoms with E-state index in [1.165, 1.54) is 19.2 Å². The maximum Gasteiger partial charge on any atom is 0.262 e. The molecule has 0 spiro atoms. The number of hydrogen-bond acceptors (Lipinski definition) is 7. The zero-order valence-corrected chi connectivity index (χ0v) is 20.2. The number of nitrogens with zero attached hydrogens (tertiary/aromatic N) is 1. The third-order valence-electron chi connectivity index (χ3n) is 4.96. The van der Waals surface area contributed by atoms with Gasteiger partial charge in [-0.25, -0.2) is 13.4 Å². The maximum absolute atomic E-state index is 12.9. The number of fused-ring (bicyclic) bond motifs is 1. The van der Waals surface area contributed by atoms with Gasteiger partial charge in [0.25, 0.3) is 15.2 Å². The summed E-state index contributed by atoms with van der Waals surface area (Å²) in [6.45, 7) is 2.19. The van der Waals surface area contributed by atoms with Gasteiger partial charge in [-0.2, -0.15) is 0 Å². The molecule has 34 heavy (non-hydrogen) atoms. The van der Waals surface area contributed by atoms with E-state index < -0.39 is 15.3 Å². The van der Waals surface area contributed by atoms with Crippen molar-refractivity contribution in [2.75, 3.05) is 11.8 Å². The Labute approximate surface area is 201 Å². The zero-order valence-electron chi connectivity index (χ0n) is 18.5. The Kier molecular flexibility index (Phi) is 7.09. The topological polar surface area (TPSA) is 111 Å². The molecule has 3 aromatic carbocycles. The number of anilines is 1. The summed E-state index contributed by atoms with van der Waals surface area (Å²) in [5.74, 6) is 0.257. The van der Waals surface area contributed by atoms with Gasteiger partial charge in [-0.3, -0.25) is 9.52 Å². The lowest BCUT2D eigenvalue weighted by molar-refractivity contribution is -0.120. The lowest BCUT2D eigenvalue weighted by Gasteiger charge is -2.11. The van der Waals surface area contributed by atoms with E-state index in [9.17, 15) is 13.2 Å². The summed E-state index contributed by atoms with van der Waals surface area (Å²) in [6.07, 6.45) is 0. The first-order valence-electron chi connectivity index (χ1n) is 10.4. The first-order valence-corrected chi connectivity index (χ1v) is 12.8. The molecule has 0 aliphatic rings. The first kappa shape index (κ1) is 23.7. The van der Waals surface area contributed by atoms with E-state index in [1.54, 1.807) is 37.3 Å². The second kappa shape index (κ2) is 10.2. The Bertz CT molecular complexity index is 1400. The van der Waals surface area contributed by atoms with Crippen LogP contribution in [0.5, 0.6) is 5.75 Å². The Balaban J connectivity index is 1.45. The van der Waals surface area contributed by atoms with Gasteiger partial charge in [0, 0.05) is 6.54 Å². The summed E-state index contributed by atoms with van der Waals surface area (Å²) in [6, 6.07) is 20.8. The van der Waals surface area contributed by atoms with Crippen molar-refractivity contribution in [1.82, 2.24) is 10.3 Å². The van der Waals surface area contributed by atoms with E-state index >= 15 is 0 Å². The molecular weight excluding hydrogens is 474 g/mol. The van der Waals surface area contributed by atoms with Gasteiger partial charge in [0.05, 0.1) is 22.9 Å². The lowest BCUT2D eigenvalue weighted by Crippen LogP contribution is -2.30. The fourth-order valence-electron chi connectivity index (χ4n) is 3.17. The quantitative estimate of drug-likeness (QED) is 0.329. The average Bonchev–Trinajstić information content (AvgIpc) is 3.24. The van der Waals surface area contributed by atoms with Crippen molar-refractivity contribution >= 4 is 44.5 Å². The normalized spacial score (nSPS) is 12.3. The molecule has 4 aromatic rings. The summed E-state index contributed by atoms with van der Waals surface area (Å²) in [4.78, 5) is 16.8. The van der Waals surface area contributed by atoms with E-state index in [4.69, 9.17) is 9.15 Å². The molecular formula is C24H23N3O5S2. The number of sulfonamides is 1. The van der Waals surface area contributed by atoms with Gasteiger partial charge >= 0.3 is 0 Å². The smallest absolute Gasteiger partial charge is 0.262 e.